The van der Waals surface area contributed by atoms with Crippen LogP contribution in [0.3, 0.4) is 0 Å². The maximum atomic E-state index is 13.5. The Morgan fingerprint density at radius 3 is 2.61 bits per heavy atom. The lowest BCUT2D eigenvalue weighted by Crippen LogP contribution is -2.00. The molecule has 2 aromatic carbocycles. The van der Waals surface area contributed by atoms with E-state index in [9.17, 15) is 4.39 Å². The molecule has 5 nitrogen and oxygen atoms in total. The molecule has 0 radical (unpaired) electrons. The Morgan fingerprint density at radius 1 is 1.13 bits per heavy atom. The summed E-state index contributed by atoms with van der Waals surface area (Å²) in [6.07, 6.45) is 0. The highest BCUT2D eigenvalue weighted by Gasteiger charge is 2.04. The molecule has 3 aromatic rings. The van der Waals surface area contributed by atoms with Crippen LogP contribution in [0.2, 0.25) is 0 Å². The van der Waals surface area contributed by atoms with Crippen LogP contribution in [-0.4, -0.2) is 10.1 Å². The van der Waals surface area contributed by atoms with Gasteiger partial charge in [-0.15, -0.1) is 0 Å². The third-order valence-electron chi connectivity index (χ3n) is 3.22. The minimum absolute atomic E-state index is 0.195. The summed E-state index contributed by atoms with van der Waals surface area (Å²) in [7, 11) is 0. The molecule has 0 atom stereocenters. The fourth-order valence-electron chi connectivity index (χ4n) is 2.04. The Balaban J connectivity index is 1.53. The number of hydrogen-bond donors (Lipinski definition) is 1. The largest absolute Gasteiger partial charge is 0.489 e. The zero-order chi connectivity index (χ0) is 16.1. The van der Waals surface area contributed by atoms with Crippen LogP contribution in [0, 0.1) is 12.7 Å². The molecule has 0 bridgehead atoms. The average Bonchev–Trinajstić information content (AvgIpc) is 2.99. The van der Waals surface area contributed by atoms with Crippen LogP contribution >= 0.6 is 0 Å². The molecule has 0 saturated carbocycles. The van der Waals surface area contributed by atoms with E-state index in [0.717, 1.165) is 5.69 Å². The number of ether oxygens (including phenoxy) is 1. The molecular formula is C17H16FN3O2. The van der Waals surface area contributed by atoms with Crippen molar-refractivity contribution in [3.63, 3.8) is 0 Å². The summed E-state index contributed by atoms with van der Waals surface area (Å²) in [6, 6.07) is 14.0. The SMILES string of the molecule is Cc1noc(CNc2ccc(OCc3ccccc3F)cc2)n1. The molecule has 3 rings (SSSR count). The molecule has 0 aliphatic carbocycles. The fraction of sp³-hybridized carbons (Fsp3) is 0.176. The lowest BCUT2D eigenvalue weighted by molar-refractivity contribution is 0.300. The van der Waals surface area contributed by atoms with Crippen molar-refractivity contribution in [2.24, 2.45) is 0 Å². The lowest BCUT2D eigenvalue weighted by atomic mass is 10.2. The van der Waals surface area contributed by atoms with Crippen LogP contribution < -0.4 is 10.1 Å². The van der Waals surface area contributed by atoms with Crippen LogP contribution in [0.4, 0.5) is 10.1 Å². The topological polar surface area (TPSA) is 60.2 Å². The monoisotopic (exact) mass is 313 g/mol. The van der Waals surface area contributed by atoms with Crippen LogP contribution in [-0.2, 0) is 13.2 Å². The van der Waals surface area contributed by atoms with Crippen molar-refractivity contribution in [1.82, 2.24) is 10.1 Å². The molecule has 1 N–H and O–H groups in total. The summed E-state index contributed by atoms with van der Waals surface area (Å²) >= 11 is 0. The molecule has 23 heavy (non-hydrogen) atoms. The van der Waals surface area contributed by atoms with Gasteiger partial charge < -0.3 is 14.6 Å². The van der Waals surface area contributed by atoms with Crippen LogP contribution in [0.5, 0.6) is 5.75 Å². The molecule has 0 spiro atoms. The maximum absolute atomic E-state index is 13.5. The normalized spacial score (nSPS) is 10.5. The molecule has 0 aliphatic heterocycles. The standard InChI is InChI=1S/C17H16FN3O2/c1-12-20-17(23-21-12)10-19-14-6-8-15(9-7-14)22-11-13-4-2-3-5-16(13)18/h2-9,19H,10-11H2,1H3. The Kier molecular flexibility index (Phi) is 4.52. The summed E-state index contributed by atoms with van der Waals surface area (Å²) in [5.74, 6) is 1.55. The van der Waals surface area contributed by atoms with Crippen LogP contribution in [0.1, 0.15) is 17.3 Å². The van der Waals surface area contributed by atoms with Gasteiger partial charge in [-0.1, -0.05) is 23.4 Å². The van der Waals surface area contributed by atoms with Crippen molar-refractivity contribution in [2.45, 2.75) is 20.1 Å². The molecule has 6 heteroatoms. The number of nitrogens with zero attached hydrogens (tertiary/aromatic N) is 2. The molecule has 0 aliphatic rings. The Labute approximate surface area is 133 Å². The Hall–Kier alpha value is -2.89. The van der Waals surface area contributed by atoms with E-state index in [-0.39, 0.29) is 12.4 Å². The average molecular weight is 313 g/mol. The number of hydrogen-bond acceptors (Lipinski definition) is 5. The van der Waals surface area contributed by atoms with E-state index in [1.165, 1.54) is 6.07 Å². The fourth-order valence-corrected chi connectivity index (χ4v) is 2.04. The summed E-state index contributed by atoms with van der Waals surface area (Å²) in [5, 5.41) is 6.90. The van der Waals surface area contributed by atoms with E-state index in [1.807, 2.05) is 24.3 Å². The Morgan fingerprint density at radius 2 is 1.91 bits per heavy atom. The Bertz CT molecular complexity index is 772. The molecule has 0 saturated heterocycles. The van der Waals surface area contributed by atoms with E-state index in [0.29, 0.717) is 29.6 Å². The van der Waals surface area contributed by atoms with Gasteiger partial charge in [0.15, 0.2) is 5.82 Å². The van der Waals surface area contributed by atoms with Gasteiger partial charge in [0.05, 0.1) is 6.54 Å². The smallest absolute Gasteiger partial charge is 0.245 e. The molecule has 1 heterocycles. The number of halogens is 1. The zero-order valence-electron chi connectivity index (χ0n) is 12.6. The number of rotatable bonds is 6. The van der Waals surface area contributed by atoms with E-state index in [1.54, 1.807) is 25.1 Å². The van der Waals surface area contributed by atoms with Gasteiger partial charge in [-0.25, -0.2) is 4.39 Å². The number of nitrogens with one attached hydrogen (secondary N) is 1. The third kappa shape index (κ3) is 4.06. The number of anilines is 1. The predicted molar refractivity (Wildman–Crippen MR) is 83.5 cm³/mol. The van der Waals surface area contributed by atoms with Crippen molar-refractivity contribution in [2.75, 3.05) is 5.32 Å². The second kappa shape index (κ2) is 6.91. The van der Waals surface area contributed by atoms with Crippen LogP contribution in [0.25, 0.3) is 0 Å². The molecular weight excluding hydrogens is 297 g/mol. The highest BCUT2D eigenvalue weighted by molar-refractivity contribution is 5.46. The number of aromatic nitrogens is 2. The summed E-state index contributed by atoms with van der Waals surface area (Å²) < 4.78 is 24.1. The highest BCUT2D eigenvalue weighted by Crippen LogP contribution is 2.18. The second-order valence-corrected chi connectivity index (χ2v) is 4.99. The van der Waals surface area contributed by atoms with Crippen molar-refractivity contribution in [3.05, 3.63) is 71.6 Å². The van der Waals surface area contributed by atoms with Gasteiger partial charge in [0.1, 0.15) is 18.2 Å². The molecule has 0 amide bonds. The number of aryl methyl sites for hydroxylation is 1. The minimum atomic E-state index is -0.263. The molecule has 1 aromatic heterocycles. The predicted octanol–water partition coefficient (Wildman–Crippen LogP) is 3.71. The van der Waals surface area contributed by atoms with Crippen LogP contribution in [0.15, 0.2) is 53.1 Å². The first-order chi connectivity index (χ1) is 11.2. The molecule has 0 unspecified atom stereocenters. The van der Waals surface area contributed by atoms with Gasteiger partial charge >= 0.3 is 0 Å². The second-order valence-electron chi connectivity index (χ2n) is 4.99. The first-order valence-electron chi connectivity index (χ1n) is 7.20. The third-order valence-corrected chi connectivity index (χ3v) is 3.22. The first-order valence-corrected chi connectivity index (χ1v) is 7.20. The van der Waals surface area contributed by atoms with Gasteiger partial charge in [-0.3, -0.25) is 0 Å². The van der Waals surface area contributed by atoms with Gasteiger partial charge in [0, 0.05) is 11.3 Å². The van der Waals surface area contributed by atoms with E-state index < -0.39 is 0 Å². The van der Waals surface area contributed by atoms with Crippen molar-refractivity contribution >= 4 is 5.69 Å². The quantitative estimate of drug-likeness (QED) is 0.752. The van der Waals surface area contributed by atoms with Crippen molar-refractivity contribution in [3.8, 4) is 5.75 Å². The summed E-state index contributed by atoms with van der Waals surface area (Å²) in [4.78, 5) is 4.11. The summed E-state index contributed by atoms with van der Waals surface area (Å²) in [6.45, 7) is 2.42. The maximum Gasteiger partial charge on any atom is 0.245 e. The van der Waals surface area contributed by atoms with Crippen molar-refractivity contribution < 1.29 is 13.7 Å². The van der Waals surface area contributed by atoms with Gasteiger partial charge in [0.2, 0.25) is 5.89 Å². The zero-order valence-corrected chi connectivity index (χ0v) is 12.6. The van der Waals surface area contributed by atoms with Crippen molar-refractivity contribution in [1.29, 1.82) is 0 Å². The number of benzene rings is 2. The minimum Gasteiger partial charge on any atom is -0.489 e. The van der Waals surface area contributed by atoms with E-state index in [4.69, 9.17) is 9.26 Å². The lowest BCUT2D eigenvalue weighted by Gasteiger charge is -2.08. The van der Waals surface area contributed by atoms with Gasteiger partial charge in [-0.2, -0.15) is 4.98 Å². The first kappa shape index (κ1) is 15.0. The van der Waals surface area contributed by atoms with E-state index >= 15 is 0 Å². The van der Waals surface area contributed by atoms with E-state index in [2.05, 4.69) is 15.5 Å². The highest BCUT2D eigenvalue weighted by atomic mass is 19.1. The molecule has 0 fully saturated rings. The molecule has 118 valence electrons. The van der Waals surface area contributed by atoms with Gasteiger partial charge in [-0.05, 0) is 37.3 Å². The summed E-state index contributed by atoms with van der Waals surface area (Å²) in [5.41, 5.74) is 1.43. The van der Waals surface area contributed by atoms with Gasteiger partial charge in [0.25, 0.3) is 0 Å².